The average molecular weight is 218 g/mol. The third-order valence-corrected chi connectivity index (χ3v) is 2.52. The van der Waals surface area contributed by atoms with Crippen molar-refractivity contribution >= 4 is 17.4 Å². The van der Waals surface area contributed by atoms with Gasteiger partial charge in [-0.3, -0.25) is 0 Å². The summed E-state index contributed by atoms with van der Waals surface area (Å²) in [5.74, 6) is 0. The predicted molar refractivity (Wildman–Crippen MR) is 66.4 cm³/mol. The van der Waals surface area contributed by atoms with Crippen LogP contribution in [0.2, 0.25) is 0 Å². The average Bonchev–Trinajstić information content (AvgIpc) is 2.04. The Labute approximate surface area is 86.0 Å². The Bertz CT molecular complexity index is 181. The molecule has 0 aromatic rings. The molecule has 0 aliphatic heterocycles. The van der Waals surface area contributed by atoms with Crippen LogP contribution in [-0.2, 0) is 4.52 Å². The van der Waals surface area contributed by atoms with E-state index < -0.39 is 0 Å². The first-order chi connectivity index (χ1) is 6.16. The Morgan fingerprint density at radius 3 is 2.54 bits per heavy atom. The fraction of sp³-hybridized carbons (Fsp3) is 0.600. The smallest absolute Gasteiger partial charge is 0.0693 e. The van der Waals surface area contributed by atoms with Crippen molar-refractivity contribution in [3.63, 3.8) is 0 Å². The number of allylic oxidation sites excluding steroid dienone is 3. The summed E-state index contributed by atoms with van der Waals surface area (Å²) in [4.78, 5) is 0. The van der Waals surface area contributed by atoms with Gasteiger partial charge in [0.2, 0.25) is 0 Å². The monoisotopic (exact) mass is 218 g/mol. The topological polar surface area (TPSA) is 9.23 Å². The van der Waals surface area contributed by atoms with E-state index in [-0.39, 0.29) is 0 Å². The maximum atomic E-state index is 5.23. The van der Waals surface area contributed by atoms with E-state index in [1.54, 1.807) is 0 Å². The van der Waals surface area contributed by atoms with Gasteiger partial charge >= 0.3 is 0 Å². The summed E-state index contributed by atoms with van der Waals surface area (Å²) in [7, 11) is 3.09. The highest BCUT2D eigenvalue weighted by Crippen LogP contribution is 2.20. The number of hydrogen-bond donors (Lipinski definition) is 0. The van der Waals surface area contributed by atoms with E-state index in [9.17, 15) is 0 Å². The van der Waals surface area contributed by atoms with Gasteiger partial charge in [-0.2, -0.15) is 0 Å². The zero-order chi connectivity index (χ0) is 10.1. The summed E-state index contributed by atoms with van der Waals surface area (Å²) in [5, 5.41) is 0. The van der Waals surface area contributed by atoms with Crippen LogP contribution in [0.25, 0.3) is 0 Å². The highest BCUT2D eigenvalue weighted by Gasteiger charge is 1.88. The molecule has 1 nitrogen and oxygen atoms in total. The first-order valence-corrected chi connectivity index (χ1v) is 7.25. The lowest BCUT2D eigenvalue weighted by Crippen LogP contribution is -1.82. The molecule has 0 aromatic carbocycles. The van der Waals surface area contributed by atoms with E-state index in [1.165, 1.54) is 11.1 Å². The first-order valence-electron chi connectivity index (χ1n) is 4.53. The largest absolute Gasteiger partial charge is 0.354 e. The van der Waals surface area contributed by atoms with Crippen molar-refractivity contribution in [1.29, 1.82) is 0 Å². The Morgan fingerprint density at radius 2 is 2.00 bits per heavy atom. The molecule has 0 aliphatic rings. The van der Waals surface area contributed by atoms with E-state index in [4.69, 9.17) is 4.52 Å². The number of rotatable bonds is 6. The van der Waals surface area contributed by atoms with E-state index in [1.807, 2.05) is 0 Å². The third-order valence-electron chi connectivity index (χ3n) is 1.69. The molecule has 0 amide bonds. The molecule has 3 heteroatoms. The predicted octanol–water partition coefficient (Wildman–Crippen LogP) is 4.08. The minimum atomic E-state index is 0.516. The SMILES string of the molecule is CC(C)=CCCC(C)=CCOPP. The molecule has 13 heavy (non-hydrogen) atoms. The first kappa shape index (κ1) is 13.3. The molecule has 0 saturated heterocycles. The highest BCUT2D eigenvalue weighted by atomic mass is 32.0. The van der Waals surface area contributed by atoms with Gasteiger partial charge in [-0.15, -0.1) is 0 Å². The van der Waals surface area contributed by atoms with Gasteiger partial charge < -0.3 is 4.52 Å². The minimum Gasteiger partial charge on any atom is -0.354 e. The van der Waals surface area contributed by atoms with Crippen LogP contribution >= 0.6 is 17.4 Å². The molecule has 0 rings (SSSR count). The van der Waals surface area contributed by atoms with E-state index in [0.717, 1.165) is 19.4 Å². The lowest BCUT2D eigenvalue weighted by atomic mass is 10.1. The van der Waals surface area contributed by atoms with Crippen molar-refractivity contribution < 1.29 is 4.52 Å². The summed E-state index contributed by atoms with van der Waals surface area (Å²) in [6.45, 7) is 7.19. The fourth-order valence-corrected chi connectivity index (χ4v) is 1.39. The van der Waals surface area contributed by atoms with Gasteiger partial charge in [0.25, 0.3) is 0 Å². The second kappa shape index (κ2) is 8.88. The second-order valence-corrected chi connectivity index (χ2v) is 4.53. The van der Waals surface area contributed by atoms with Gasteiger partial charge in [0.15, 0.2) is 0 Å². The molecule has 0 spiro atoms. The second-order valence-electron chi connectivity index (χ2n) is 3.30. The Hall–Kier alpha value is 0.300. The van der Waals surface area contributed by atoms with Crippen molar-refractivity contribution in [2.24, 2.45) is 0 Å². The standard InChI is InChI=1S/C10H20OP2/c1-9(2)5-4-6-10(3)7-8-11-13-12/h5,7,13H,4,6,8,12H2,1-3H3. The van der Waals surface area contributed by atoms with Crippen molar-refractivity contribution in [3.05, 3.63) is 23.3 Å². The van der Waals surface area contributed by atoms with Gasteiger partial charge in [0.05, 0.1) is 6.61 Å². The molecular weight excluding hydrogens is 198 g/mol. The van der Waals surface area contributed by atoms with Crippen molar-refractivity contribution in [3.8, 4) is 0 Å². The maximum absolute atomic E-state index is 5.23. The molecule has 0 aromatic heterocycles. The van der Waals surface area contributed by atoms with E-state index in [2.05, 4.69) is 41.9 Å². The fourth-order valence-electron chi connectivity index (χ4n) is 0.923. The quantitative estimate of drug-likeness (QED) is 0.371. The molecule has 0 heterocycles. The van der Waals surface area contributed by atoms with Crippen LogP contribution in [0.5, 0.6) is 0 Å². The molecule has 0 N–H and O–H groups in total. The number of hydrogen-bond acceptors (Lipinski definition) is 1. The molecule has 0 bridgehead atoms. The third kappa shape index (κ3) is 10.2. The minimum absolute atomic E-state index is 0.516. The normalized spacial score (nSPS) is 12.5. The van der Waals surface area contributed by atoms with Gasteiger partial charge in [0.1, 0.15) is 0 Å². The zero-order valence-electron chi connectivity index (χ0n) is 8.76. The van der Waals surface area contributed by atoms with Gasteiger partial charge in [-0.1, -0.05) is 32.2 Å². The summed E-state index contributed by atoms with van der Waals surface area (Å²) < 4.78 is 5.23. The molecule has 2 unspecified atom stereocenters. The summed E-state index contributed by atoms with van der Waals surface area (Å²) >= 11 is 0. The zero-order valence-corrected chi connectivity index (χ0v) is 10.9. The Balaban J connectivity index is 3.55. The Morgan fingerprint density at radius 1 is 1.31 bits per heavy atom. The molecule has 76 valence electrons. The van der Waals surface area contributed by atoms with E-state index in [0.29, 0.717) is 8.50 Å². The van der Waals surface area contributed by atoms with Gasteiger partial charge in [0, 0.05) is 8.50 Å². The Kier molecular flexibility index (Phi) is 9.08. The summed E-state index contributed by atoms with van der Waals surface area (Å²) in [5.41, 5.74) is 2.82. The lowest BCUT2D eigenvalue weighted by molar-refractivity contribution is 0.422. The van der Waals surface area contributed by atoms with Crippen LogP contribution in [-0.4, -0.2) is 6.61 Å². The van der Waals surface area contributed by atoms with Crippen molar-refractivity contribution in [2.75, 3.05) is 6.61 Å². The van der Waals surface area contributed by atoms with Crippen LogP contribution in [0.15, 0.2) is 23.3 Å². The summed E-state index contributed by atoms with van der Waals surface area (Å²) in [6.07, 6.45) is 6.73. The molecule has 0 saturated carbocycles. The molecule has 0 radical (unpaired) electrons. The summed E-state index contributed by atoms with van der Waals surface area (Å²) in [6, 6.07) is 0. The molecular formula is C10H20OP2. The van der Waals surface area contributed by atoms with Crippen LogP contribution in [0.1, 0.15) is 33.6 Å². The highest BCUT2D eigenvalue weighted by molar-refractivity contribution is 8.00. The van der Waals surface area contributed by atoms with Crippen LogP contribution < -0.4 is 0 Å². The van der Waals surface area contributed by atoms with Gasteiger partial charge in [-0.05, 0) is 33.6 Å². The van der Waals surface area contributed by atoms with Gasteiger partial charge in [-0.25, -0.2) is 0 Å². The maximum Gasteiger partial charge on any atom is 0.0693 e. The molecule has 0 aliphatic carbocycles. The van der Waals surface area contributed by atoms with E-state index >= 15 is 0 Å². The van der Waals surface area contributed by atoms with Crippen LogP contribution in [0.3, 0.4) is 0 Å². The lowest BCUT2D eigenvalue weighted by Gasteiger charge is -1.99. The molecule has 2 atom stereocenters. The van der Waals surface area contributed by atoms with Crippen LogP contribution in [0.4, 0.5) is 0 Å². The van der Waals surface area contributed by atoms with Crippen molar-refractivity contribution in [2.45, 2.75) is 33.6 Å². The van der Waals surface area contributed by atoms with Crippen molar-refractivity contribution in [1.82, 2.24) is 0 Å². The van der Waals surface area contributed by atoms with Crippen LogP contribution in [0, 0.1) is 0 Å². The molecule has 0 fully saturated rings.